The third kappa shape index (κ3) is 4.41. The average molecular weight is 437 g/mol. The second kappa shape index (κ2) is 9.37. The lowest BCUT2D eigenvalue weighted by Gasteiger charge is -2.32. The minimum absolute atomic E-state index is 0.0462. The molecule has 0 amide bonds. The van der Waals surface area contributed by atoms with Crippen molar-refractivity contribution in [3.05, 3.63) is 22.2 Å². The van der Waals surface area contributed by atoms with E-state index in [1.54, 1.807) is 13.3 Å². The summed E-state index contributed by atoms with van der Waals surface area (Å²) in [6.07, 6.45) is -2.85. The third-order valence-electron chi connectivity index (χ3n) is 4.26. The Kier molecular flexibility index (Phi) is 7.64. The predicted octanol–water partition coefficient (Wildman–Crippen LogP) is 5.06. The van der Waals surface area contributed by atoms with Crippen LogP contribution in [0.1, 0.15) is 31.9 Å². The summed E-state index contributed by atoms with van der Waals surface area (Å²) in [6, 6.07) is 1.46. The number of thioether (sulfide) groups is 1. The number of alkyl halides is 3. The molecule has 10 heteroatoms. The van der Waals surface area contributed by atoms with E-state index >= 15 is 0 Å². The molecule has 3 rings (SSSR count). The van der Waals surface area contributed by atoms with Crippen LogP contribution in [0.5, 0.6) is 0 Å². The number of rotatable bonds is 2. The SMILES string of the molecule is CC.CN=C(SC)c1cc(Cl)c(C(F)(F)F)c2nc(N3CCNCC3C)oc12. The van der Waals surface area contributed by atoms with Crippen molar-refractivity contribution in [1.29, 1.82) is 0 Å². The van der Waals surface area contributed by atoms with Crippen LogP contribution in [0.2, 0.25) is 5.02 Å². The maximum absolute atomic E-state index is 13.6. The molecule has 1 aromatic carbocycles. The lowest BCUT2D eigenvalue weighted by Crippen LogP contribution is -2.50. The largest absolute Gasteiger partial charge is 0.423 e. The zero-order chi connectivity index (χ0) is 21.1. The zero-order valence-electron chi connectivity index (χ0n) is 16.4. The Morgan fingerprint density at radius 2 is 2.11 bits per heavy atom. The fraction of sp³-hybridized carbons (Fsp3) is 0.556. The first-order chi connectivity index (χ1) is 13.3. The van der Waals surface area contributed by atoms with Gasteiger partial charge in [-0.05, 0) is 19.2 Å². The van der Waals surface area contributed by atoms with Gasteiger partial charge in [0, 0.05) is 32.7 Å². The highest BCUT2D eigenvalue weighted by molar-refractivity contribution is 8.13. The molecule has 156 valence electrons. The molecule has 1 N–H and O–H groups in total. The molecule has 1 atom stereocenters. The van der Waals surface area contributed by atoms with Crippen LogP contribution in [0.25, 0.3) is 11.1 Å². The van der Waals surface area contributed by atoms with E-state index in [4.69, 9.17) is 16.0 Å². The van der Waals surface area contributed by atoms with E-state index in [1.807, 2.05) is 25.7 Å². The van der Waals surface area contributed by atoms with Gasteiger partial charge in [0.2, 0.25) is 0 Å². The summed E-state index contributed by atoms with van der Waals surface area (Å²) in [6.45, 7) is 7.95. The Balaban J connectivity index is 0.00000136. The molecule has 28 heavy (non-hydrogen) atoms. The van der Waals surface area contributed by atoms with E-state index in [2.05, 4.69) is 15.3 Å². The van der Waals surface area contributed by atoms with Gasteiger partial charge in [-0.1, -0.05) is 25.4 Å². The summed E-state index contributed by atoms with van der Waals surface area (Å²) in [5.41, 5.74) is -0.796. The van der Waals surface area contributed by atoms with E-state index in [0.29, 0.717) is 30.2 Å². The van der Waals surface area contributed by atoms with E-state index in [-0.39, 0.29) is 23.2 Å². The molecule has 1 saturated heterocycles. The first kappa shape index (κ1) is 22.8. The zero-order valence-corrected chi connectivity index (χ0v) is 18.0. The lowest BCUT2D eigenvalue weighted by atomic mass is 10.1. The number of piperazine rings is 1. The number of nitrogens with zero attached hydrogens (tertiary/aromatic N) is 3. The Hall–Kier alpha value is -1.45. The Bertz CT molecular complexity index is 853. The number of anilines is 1. The van der Waals surface area contributed by atoms with Crippen molar-refractivity contribution in [3.8, 4) is 0 Å². The van der Waals surface area contributed by atoms with Crippen LogP contribution in [-0.4, -0.2) is 49.0 Å². The second-order valence-electron chi connectivity index (χ2n) is 5.93. The monoisotopic (exact) mass is 436 g/mol. The predicted molar refractivity (Wildman–Crippen MR) is 111 cm³/mol. The van der Waals surface area contributed by atoms with Gasteiger partial charge in [0.15, 0.2) is 5.58 Å². The highest BCUT2D eigenvalue weighted by Gasteiger charge is 2.39. The van der Waals surface area contributed by atoms with Gasteiger partial charge in [-0.15, -0.1) is 11.8 Å². The molecule has 2 aromatic rings. The molecule has 0 saturated carbocycles. The molecule has 0 aliphatic carbocycles. The number of nitrogens with one attached hydrogen (secondary N) is 1. The van der Waals surface area contributed by atoms with Crippen LogP contribution < -0.4 is 10.2 Å². The van der Waals surface area contributed by atoms with Gasteiger partial charge >= 0.3 is 6.18 Å². The first-order valence-corrected chi connectivity index (χ1v) is 10.6. The van der Waals surface area contributed by atoms with Crippen LogP contribution in [0, 0.1) is 0 Å². The molecule has 1 aliphatic rings. The summed E-state index contributed by atoms with van der Waals surface area (Å²) in [4.78, 5) is 10.2. The molecule has 1 fully saturated rings. The van der Waals surface area contributed by atoms with Gasteiger partial charge in [-0.2, -0.15) is 18.2 Å². The lowest BCUT2D eigenvalue weighted by molar-refractivity contribution is -0.136. The van der Waals surface area contributed by atoms with Crippen molar-refractivity contribution in [2.75, 3.05) is 37.8 Å². The van der Waals surface area contributed by atoms with Crippen LogP contribution in [0.15, 0.2) is 15.5 Å². The normalized spacial score (nSPS) is 18.2. The number of benzene rings is 1. The first-order valence-electron chi connectivity index (χ1n) is 8.96. The molecule has 0 radical (unpaired) electrons. The van der Waals surface area contributed by atoms with Crippen molar-refractivity contribution in [2.24, 2.45) is 4.99 Å². The average Bonchev–Trinajstić information content (AvgIpc) is 3.08. The van der Waals surface area contributed by atoms with Crippen molar-refractivity contribution < 1.29 is 17.6 Å². The minimum atomic E-state index is -4.64. The van der Waals surface area contributed by atoms with Crippen molar-refractivity contribution in [3.63, 3.8) is 0 Å². The van der Waals surface area contributed by atoms with Gasteiger partial charge in [-0.3, -0.25) is 4.99 Å². The number of hydrogen-bond donors (Lipinski definition) is 1. The van der Waals surface area contributed by atoms with Gasteiger partial charge in [0.05, 0.1) is 10.6 Å². The van der Waals surface area contributed by atoms with Gasteiger partial charge in [-0.25, -0.2) is 0 Å². The van der Waals surface area contributed by atoms with Crippen molar-refractivity contribution in [1.82, 2.24) is 10.3 Å². The fourth-order valence-electron chi connectivity index (χ4n) is 3.04. The quantitative estimate of drug-likeness (QED) is 0.526. The molecule has 5 nitrogen and oxygen atoms in total. The van der Waals surface area contributed by atoms with Crippen LogP contribution in [0.3, 0.4) is 0 Å². The fourth-order valence-corrected chi connectivity index (χ4v) is 3.90. The van der Waals surface area contributed by atoms with Crippen molar-refractivity contribution >= 4 is 45.5 Å². The molecule has 1 aromatic heterocycles. The number of hydrogen-bond acceptors (Lipinski definition) is 6. The Morgan fingerprint density at radius 1 is 1.43 bits per heavy atom. The van der Waals surface area contributed by atoms with Crippen LogP contribution >= 0.6 is 23.4 Å². The topological polar surface area (TPSA) is 53.7 Å². The molecule has 0 bridgehead atoms. The maximum Gasteiger partial charge on any atom is 0.420 e. The minimum Gasteiger partial charge on any atom is -0.423 e. The molecular weight excluding hydrogens is 413 g/mol. The highest BCUT2D eigenvalue weighted by Crippen LogP contribution is 2.42. The third-order valence-corrected chi connectivity index (χ3v) is 5.35. The van der Waals surface area contributed by atoms with E-state index in [9.17, 15) is 13.2 Å². The smallest absolute Gasteiger partial charge is 0.420 e. The van der Waals surface area contributed by atoms with Gasteiger partial charge < -0.3 is 14.6 Å². The van der Waals surface area contributed by atoms with Gasteiger partial charge in [0.25, 0.3) is 6.01 Å². The molecule has 2 heterocycles. The van der Waals surface area contributed by atoms with Crippen LogP contribution in [0.4, 0.5) is 19.2 Å². The van der Waals surface area contributed by atoms with Crippen LogP contribution in [-0.2, 0) is 6.18 Å². The maximum atomic E-state index is 13.6. The Morgan fingerprint density at radius 3 is 2.64 bits per heavy atom. The van der Waals surface area contributed by atoms with Crippen molar-refractivity contribution in [2.45, 2.75) is 33.0 Å². The van der Waals surface area contributed by atoms with E-state index in [1.165, 1.54) is 17.8 Å². The van der Waals surface area contributed by atoms with E-state index in [0.717, 1.165) is 0 Å². The molecule has 0 spiro atoms. The standard InChI is InChI=1S/C16H18ClF3N4OS.C2H6/c1-8-7-22-4-5-24(8)15-23-12-11(16(18,19)20)10(17)6-9(13(12)25-15)14(21-2)26-3;1-2/h6,8,22H,4-5,7H2,1-3H3;1-2H3. The highest BCUT2D eigenvalue weighted by atomic mass is 35.5. The summed E-state index contributed by atoms with van der Waals surface area (Å²) in [7, 11) is 1.57. The van der Waals surface area contributed by atoms with E-state index < -0.39 is 16.8 Å². The second-order valence-corrected chi connectivity index (χ2v) is 7.13. The summed E-state index contributed by atoms with van der Waals surface area (Å²) in [5.74, 6) is 0. The number of aromatic nitrogens is 1. The van der Waals surface area contributed by atoms with Gasteiger partial charge in [0.1, 0.15) is 16.1 Å². The number of aliphatic imine (C=N–C) groups is 1. The summed E-state index contributed by atoms with van der Waals surface area (Å²) < 4.78 is 46.6. The Labute approximate surface area is 171 Å². The molecule has 1 unspecified atom stereocenters. The molecular formula is C18H24ClF3N4OS. The number of halogens is 4. The molecule has 1 aliphatic heterocycles. The number of fused-ring (bicyclic) bond motifs is 1. The summed E-state index contributed by atoms with van der Waals surface area (Å²) in [5, 5.41) is 3.34. The number of oxazole rings is 1. The summed E-state index contributed by atoms with van der Waals surface area (Å²) >= 11 is 7.29.